The smallest absolute Gasteiger partial charge is 0.261 e. The maximum absolute atomic E-state index is 12.5. The molecule has 0 aliphatic heterocycles. The first kappa shape index (κ1) is 21.6. The van der Waals surface area contributed by atoms with Gasteiger partial charge in [-0.05, 0) is 62.9 Å². The summed E-state index contributed by atoms with van der Waals surface area (Å²) in [6, 6.07) is 15.5. The molecule has 2 rings (SSSR count). The van der Waals surface area contributed by atoms with Gasteiger partial charge in [0.2, 0.25) is 0 Å². The zero-order valence-corrected chi connectivity index (χ0v) is 17.2. The number of rotatable bonds is 11. The SMILES string of the molecule is CC[C@@H](Oc1ccccc1OC)C(=O)NCCCc1cccc(OC(C)C)c1. The average molecular weight is 386 g/mol. The van der Waals surface area contributed by atoms with E-state index < -0.39 is 6.10 Å². The largest absolute Gasteiger partial charge is 0.493 e. The molecule has 5 nitrogen and oxygen atoms in total. The molecule has 1 N–H and O–H groups in total. The van der Waals surface area contributed by atoms with Crippen molar-refractivity contribution >= 4 is 5.91 Å². The predicted octanol–water partition coefficient (Wildman–Crippen LogP) is 4.39. The molecule has 0 aliphatic rings. The molecule has 0 aliphatic carbocycles. The van der Waals surface area contributed by atoms with Crippen molar-refractivity contribution in [3.8, 4) is 17.2 Å². The Morgan fingerprint density at radius 2 is 1.79 bits per heavy atom. The van der Waals surface area contributed by atoms with Gasteiger partial charge in [0.25, 0.3) is 5.91 Å². The third kappa shape index (κ3) is 6.80. The Bertz CT molecular complexity index is 745. The molecule has 2 aromatic rings. The van der Waals surface area contributed by atoms with Crippen LogP contribution in [0.1, 0.15) is 39.2 Å². The van der Waals surface area contributed by atoms with Crippen molar-refractivity contribution < 1.29 is 19.0 Å². The van der Waals surface area contributed by atoms with Gasteiger partial charge in [-0.2, -0.15) is 0 Å². The van der Waals surface area contributed by atoms with Crippen LogP contribution in [0.4, 0.5) is 0 Å². The molecule has 0 saturated heterocycles. The molecule has 0 heterocycles. The Balaban J connectivity index is 1.80. The number of aryl methyl sites for hydroxylation is 1. The van der Waals surface area contributed by atoms with Gasteiger partial charge in [0.15, 0.2) is 17.6 Å². The summed E-state index contributed by atoms with van der Waals surface area (Å²) >= 11 is 0. The minimum atomic E-state index is -0.543. The van der Waals surface area contributed by atoms with Gasteiger partial charge in [-0.3, -0.25) is 4.79 Å². The van der Waals surface area contributed by atoms with Crippen LogP contribution < -0.4 is 19.5 Å². The monoisotopic (exact) mass is 385 g/mol. The fourth-order valence-electron chi connectivity index (χ4n) is 2.86. The molecular weight excluding hydrogens is 354 g/mol. The highest BCUT2D eigenvalue weighted by Crippen LogP contribution is 2.27. The van der Waals surface area contributed by atoms with Crippen LogP contribution in [0.5, 0.6) is 17.2 Å². The van der Waals surface area contributed by atoms with Crippen LogP contribution in [0, 0.1) is 0 Å². The normalized spacial score (nSPS) is 11.8. The maximum Gasteiger partial charge on any atom is 0.261 e. The van der Waals surface area contributed by atoms with Crippen molar-refractivity contribution in [3.05, 3.63) is 54.1 Å². The minimum absolute atomic E-state index is 0.106. The van der Waals surface area contributed by atoms with Crippen LogP contribution in [-0.4, -0.2) is 31.8 Å². The Morgan fingerprint density at radius 1 is 1.04 bits per heavy atom. The number of methoxy groups -OCH3 is 1. The Labute approximate surface area is 168 Å². The summed E-state index contributed by atoms with van der Waals surface area (Å²) in [6.45, 7) is 6.55. The number of hydrogen-bond donors (Lipinski definition) is 1. The maximum atomic E-state index is 12.5. The van der Waals surface area contributed by atoms with Crippen LogP contribution in [0.15, 0.2) is 48.5 Å². The lowest BCUT2D eigenvalue weighted by molar-refractivity contribution is -0.128. The van der Waals surface area contributed by atoms with E-state index >= 15 is 0 Å². The number of carbonyl (C=O) groups is 1. The van der Waals surface area contributed by atoms with E-state index in [-0.39, 0.29) is 12.0 Å². The number of benzene rings is 2. The first-order valence-corrected chi connectivity index (χ1v) is 9.86. The van der Waals surface area contributed by atoms with Gasteiger partial charge in [-0.25, -0.2) is 0 Å². The fraction of sp³-hybridized carbons (Fsp3) is 0.435. The van der Waals surface area contributed by atoms with Crippen LogP contribution in [0.3, 0.4) is 0 Å². The van der Waals surface area contributed by atoms with Crippen molar-refractivity contribution in [1.29, 1.82) is 0 Å². The second-order valence-corrected chi connectivity index (χ2v) is 6.87. The molecule has 28 heavy (non-hydrogen) atoms. The van der Waals surface area contributed by atoms with Crippen molar-refractivity contribution in [1.82, 2.24) is 5.32 Å². The molecule has 0 unspecified atom stereocenters. The van der Waals surface area contributed by atoms with Gasteiger partial charge in [0, 0.05) is 6.54 Å². The third-order valence-corrected chi connectivity index (χ3v) is 4.21. The molecule has 1 amide bonds. The highest BCUT2D eigenvalue weighted by atomic mass is 16.5. The quantitative estimate of drug-likeness (QED) is 0.583. The molecule has 0 saturated carbocycles. The van der Waals surface area contributed by atoms with E-state index in [1.165, 1.54) is 5.56 Å². The average Bonchev–Trinajstić information content (AvgIpc) is 2.69. The van der Waals surface area contributed by atoms with E-state index in [2.05, 4.69) is 17.4 Å². The molecule has 0 radical (unpaired) electrons. The van der Waals surface area contributed by atoms with Crippen molar-refractivity contribution in [2.75, 3.05) is 13.7 Å². The van der Waals surface area contributed by atoms with Gasteiger partial charge < -0.3 is 19.5 Å². The molecule has 0 spiro atoms. The molecular formula is C23H31NO4. The van der Waals surface area contributed by atoms with E-state index in [4.69, 9.17) is 14.2 Å². The lowest BCUT2D eigenvalue weighted by Crippen LogP contribution is -2.38. The minimum Gasteiger partial charge on any atom is -0.493 e. The van der Waals surface area contributed by atoms with E-state index in [0.717, 1.165) is 18.6 Å². The Hall–Kier alpha value is -2.69. The van der Waals surface area contributed by atoms with Crippen LogP contribution in [0.2, 0.25) is 0 Å². The zero-order valence-electron chi connectivity index (χ0n) is 17.2. The Morgan fingerprint density at radius 3 is 2.46 bits per heavy atom. The number of nitrogens with one attached hydrogen (secondary N) is 1. The van der Waals surface area contributed by atoms with Gasteiger partial charge >= 0.3 is 0 Å². The van der Waals surface area contributed by atoms with Crippen molar-refractivity contribution in [3.63, 3.8) is 0 Å². The van der Waals surface area contributed by atoms with E-state index in [9.17, 15) is 4.79 Å². The third-order valence-electron chi connectivity index (χ3n) is 4.21. The number of hydrogen-bond acceptors (Lipinski definition) is 4. The summed E-state index contributed by atoms with van der Waals surface area (Å²) in [6.07, 6.45) is 1.92. The number of ether oxygens (including phenoxy) is 3. The number of para-hydroxylation sites is 2. The van der Waals surface area contributed by atoms with Crippen molar-refractivity contribution in [2.24, 2.45) is 0 Å². The molecule has 152 valence electrons. The molecule has 1 atom stereocenters. The first-order valence-electron chi connectivity index (χ1n) is 9.86. The van der Waals surface area contributed by atoms with Gasteiger partial charge in [0.05, 0.1) is 13.2 Å². The second kappa shape index (κ2) is 11.2. The van der Waals surface area contributed by atoms with Gasteiger partial charge in [-0.1, -0.05) is 31.2 Å². The van der Waals surface area contributed by atoms with Crippen LogP contribution in [0.25, 0.3) is 0 Å². The number of carbonyl (C=O) groups excluding carboxylic acids is 1. The van der Waals surface area contributed by atoms with E-state index in [1.807, 2.05) is 51.1 Å². The van der Waals surface area contributed by atoms with Crippen LogP contribution >= 0.6 is 0 Å². The molecule has 2 aromatic carbocycles. The lowest BCUT2D eigenvalue weighted by atomic mass is 10.1. The summed E-state index contributed by atoms with van der Waals surface area (Å²) in [7, 11) is 1.59. The van der Waals surface area contributed by atoms with Crippen LogP contribution in [-0.2, 0) is 11.2 Å². The zero-order chi connectivity index (χ0) is 20.4. The second-order valence-electron chi connectivity index (χ2n) is 6.87. The highest BCUT2D eigenvalue weighted by molar-refractivity contribution is 5.81. The lowest BCUT2D eigenvalue weighted by Gasteiger charge is -2.18. The molecule has 5 heteroatoms. The topological polar surface area (TPSA) is 56.8 Å². The highest BCUT2D eigenvalue weighted by Gasteiger charge is 2.19. The standard InChI is InChI=1S/C23H31NO4/c1-5-20(28-22-14-7-6-13-21(22)26-4)23(25)24-15-9-11-18-10-8-12-19(16-18)27-17(2)3/h6-8,10,12-14,16-17,20H,5,9,11,15H2,1-4H3,(H,24,25)/t20-/m1/s1. The van der Waals surface area contributed by atoms with E-state index in [1.54, 1.807) is 13.2 Å². The molecule has 0 bridgehead atoms. The summed E-state index contributed by atoms with van der Waals surface area (Å²) in [5.74, 6) is 1.98. The summed E-state index contributed by atoms with van der Waals surface area (Å²) < 4.78 is 16.9. The molecule has 0 aromatic heterocycles. The fourth-order valence-corrected chi connectivity index (χ4v) is 2.86. The van der Waals surface area contributed by atoms with E-state index in [0.29, 0.717) is 24.5 Å². The molecule has 0 fully saturated rings. The van der Waals surface area contributed by atoms with Gasteiger partial charge in [-0.15, -0.1) is 0 Å². The summed E-state index contributed by atoms with van der Waals surface area (Å²) in [5.41, 5.74) is 1.20. The summed E-state index contributed by atoms with van der Waals surface area (Å²) in [4.78, 5) is 12.5. The van der Waals surface area contributed by atoms with Crippen molar-refractivity contribution in [2.45, 2.75) is 52.2 Å². The summed E-state index contributed by atoms with van der Waals surface area (Å²) in [5, 5.41) is 2.97. The first-order chi connectivity index (χ1) is 13.5. The Kier molecular flexibility index (Phi) is 8.66. The predicted molar refractivity (Wildman–Crippen MR) is 111 cm³/mol. The van der Waals surface area contributed by atoms with Gasteiger partial charge in [0.1, 0.15) is 5.75 Å². The number of amides is 1.